The molecule has 0 aromatic carbocycles. The summed E-state index contributed by atoms with van der Waals surface area (Å²) in [7, 11) is 2.16. The lowest BCUT2D eigenvalue weighted by atomic mass is 10.1. The predicted octanol–water partition coefficient (Wildman–Crippen LogP) is 0.526. The smallest absolute Gasteiger partial charge is 0.404 e. The Morgan fingerprint density at radius 3 is 2.69 bits per heavy atom. The molecule has 0 bridgehead atoms. The summed E-state index contributed by atoms with van der Waals surface area (Å²) < 4.78 is 0. The Morgan fingerprint density at radius 2 is 2.19 bits per heavy atom. The molecule has 16 heavy (non-hydrogen) atoms. The van der Waals surface area contributed by atoms with Gasteiger partial charge in [-0.3, -0.25) is 4.90 Å². The van der Waals surface area contributed by atoms with Gasteiger partial charge in [-0.1, -0.05) is 13.8 Å². The summed E-state index contributed by atoms with van der Waals surface area (Å²) in [6.07, 6.45) is -0.936. The molecule has 1 fully saturated rings. The van der Waals surface area contributed by atoms with Crippen LogP contribution in [0.4, 0.5) is 4.79 Å². The highest BCUT2D eigenvalue weighted by Crippen LogP contribution is 2.13. The lowest BCUT2D eigenvalue weighted by molar-refractivity contribution is 0.0444. The van der Waals surface area contributed by atoms with Crippen LogP contribution in [0.1, 0.15) is 13.8 Å². The first-order chi connectivity index (χ1) is 7.49. The number of nitrogens with zero attached hydrogens (tertiary/aromatic N) is 2. The minimum Gasteiger partial charge on any atom is -0.465 e. The number of likely N-dealkylation sites (N-methyl/N-ethyl adjacent to an activating group) is 1. The summed E-state index contributed by atoms with van der Waals surface area (Å²) in [4.78, 5) is 14.9. The van der Waals surface area contributed by atoms with Crippen molar-refractivity contribution in [3.63, 3.8) is 0 Å². The number of carbonyl (C=O) groups is 1. The van der Waals surface area contributed by atoms with E-state index in [4.69, 9.17) is 5.11 Å². The zero-order valence-corrected chi connectivity index (χ0v) is 10.4. The quantitative estimate of drug-likeness (QED) is 0.697. The van der Waals surface area contributed by atoms with Crippen LogP contribution in [0.3, 0.4) is 0 Å². The second-order valence-electron chi connectivity index (χ2n) is 4.98. The minimum absolute atomic E-state index is 0.524. The fourth-order valence-electron chi connectivity index (χ4n) is 2.05. The van der Waals surface area contributed by atoms with Crippen LogP contribution in [0.2, 0.25) is 0 Å². The largest absolute Gasteiger partial charge is 0.465 e. The normalized spacial score (nSPS) is 17.8. The number of carboxylic acid groups (broad SMARTS) is 1. The predicted molar refractivity (Wildman–Crippen MR) is 63.7 cm³/mol. The van der Waals surface area contributed by atoms with E-state index in [1.165, 1.54) is 0 Å². The molecule has 0 saturated carbocycles. The van der Waals surface area contributed by atoms with Crippen molar-refractivity contribution < 1.29 is 9.90 Å². The molecule has 0 atom stereocenters. The van der Waals surface area contributed by atoms with Crippen LogP contribution in [0.15, 0.2) is 0 Å². The lowest BCUT2D eigenvalue weighted by Gasteiger charge is -2.44. The van der Waals surface area contributed by atoms with Crippen molar-refractivity contribution in [1.82, 2.24) is 15.1 Å². The van der Waals surface area contributed by atoms with Gasteiger partial charge in [0.05, 0.1) is 0 Å². The van der Waals surface area contributed by atoms with Crippen LogP contribution >= 0.6 is 0 Å². The number of likely N-dealkylation sites (tertiary alicyclic amines) is 1. The van der Waals surface area contributed by atoms with E-state index in [0.29, 0.717) is 18.5 Å². The fourth-order valence-corrected chi connectivity index (χ4v) is 2.05. The Bertz CT molecular complexity index is 227. The van der Waals surface area contributed by atoms with E-state index < -0.39 is 6.09 Å². The van der Waals surface area contributed by atoms with Gasteiger partial charge in [0.2, 0.25) is 0 Å². The highest BCUT2D eigenvalue weighted by atomic mass is 16.4. The minimum atomic E-state index is -0.936. The Hall–Kier alpha value is -0.810. The van der Waals surface area contributed by atoms with Crippen LogP contribution in [0.25, 0.3) is 0 Å². The highest BCUT2D eigenvalue weighted by Gasteiger charge is 2.29. The summed E-state index contributed by atoms with van der Waals surface area (Å²) in [5, 5.41) is 10.8. The molecule has 0 spiro atoms. The van der Waals surface area contributed by atoms with Gasteiger partial charge in [0.15, 0.2) is 0 Å². The second kappa shape index (κ2) is 6.06. The van der Waals surface area contributed by atoms with Gasteiger partial charge in [-0.05, 0) is 13.0 Å². The van der Waals surface area contributed by atoms with E-state index >= 15 is 0 Å². The van der Waals surface area contributed by atoms with Crippen molar-refractivity contribution in [2.45, 2.75) is 19.9 Å². The first-order valence-electron chi connectivity index (χ1n) is 5.88. The molecule has 5 nitrogen and oxygen atoms in total. The first-order valence-corrected chi connectivity index (χ1v) is 5.88. The molecular formula is C11H23N3O2. The van der Waals surface area contributed by atoms with Crippen molar-refractivity contribution in [1.29, 1.82) is 0 Å². The van der Waals surface area contributed by atoms with Crippen molar-refractivity contribution in [3.05, 3.63) is 0 Å². The van der Waals surface area contributed by atoms with Gasteiger partial charge in [-0.2, -0.15) is 0 Å². The van der Waals surface area contributed by atoms with Gasteiger partial charge >= 0.3 is 6.09 Å². The molecule has 1 aliphatic heterocycles. The lowest BCUT2D eigenvalue weighted by Crippen LogP contribution is -2.59. The highest BCUT2D eigenvalue weighted by molar-refractivity contribution is 5.64. The average molecular weight is 229 g/mol. The van der Waals surface area contributed by atoms with Crippen molar-refractivity contribution in [2.75, 3.05) is 39.8 Å². The number of nitrogens with one attached hydrogen (secondary N) is 1. The first kappa shape index (κ1) is 13.3. The van der Waals surface area contributed by atoms with Crippen molar-refractivity contribution in [3.8, 4) is 0 Å². The van der Waals surface area contributed by atoms with Gasteiger partial charge in [-0.15, -0.1) is 0 Å². The third-order valence-electron chi connectivity index (χ3n) is 2.92. The molecule has 5 heteroatoms. The molecule has 1 aliphatic rings. The molecule has 1 saturated heterocycles. The van der Waals surface area contributed by atoms with E-state index in [1.54, 1.807) is 0 Å². The SMILES string of the molecule is CC(C)CN(C)C1CN(CCNC(=O)O)C1. The van der Waals surface area contributed by atoms with E-state index in [1.807, 2.05) is 0 Å². The van der Waals surface area contributed by atoms with Gasteiger partial charge in [0.25, 0.3) is 0 Å². The molecule has 0 radical (unpaired) electrons. The molecular weight excluding hydrogens is 206 g/mol. The number of hydrogen-bond donors (Lipinski definition) is 2. The van der Waals surface area contributed by atoms with Crippen LogP contribution < -0.4 is 5.32 Å². The Kier molecular flexibility index (Phi) is 5.02. The molecule has 1 heterocycles. The molecule has 2 N–H and O–H groups in total. The number of rotatable bonds is 6. The van der Waals surface area contributed by atoms with Gasteiger partial charge in [-0.25, -0.2) is 4.79 Å². The third-order valence-corrected chi connectivity index (χ3v) is 2.92. The monoisotopic (exact) mass is 229 g/mol. The number of amides is 1. The van der Waals surface area contributed by atoms with Crippen LogP contribution in [0.5, 0.6) is 0 Å². The fraction of sp³-hybridized carbons (Fsp3) is 0.909. The van der Waals surface area contributed by atoms with Crippen molar-refractivity contribution >= 4 is 6.09 Å². The average Bonchev–Trinajstić information content (AvgIpc) is 2.06. The van der Waals surface area contributed by atoms with E-state index in [9.17, 15) is 4.79 Å². The van der Waals surface area contributed by atoms with E-state index in [-0.39, 0.29) is 0 Å². The summed E-state index contributed by atoms with van der Waals surface area (Å²) in [5.41, 5.74) is 0. The van der Waals surface area contributed by atoms with E-state index in [2.05, 4.69) is 36.0 Å². The maximum absolute atomic E-state index is 10.2. The molecule has 1 amide bonds. The molecule has 94 valence electrons. The van der Waals surface area contributed by atoms with Crippen molar-refractivity contribution in [2.24, 2.45) is 5.92 Å². The number of hydrogen-bond acceptors (Lipinski definition) is 3. The van der Waals surface area contributed by atoms with Crippen LogP contribution in [-0.4, -0.2) is 66.8 Å². The molecule has 0 aliphatic carbocycles. The van der Waals surface area contributed by atoms with Gasteiger partial charge in [0, 0.05) is 38.8 Å². The molecule has 1 rings (SSSR count). The maximum Gasteiger partial charge on any atom is 0.404 e. The summed E-state index contributed by atoms with van der Waals surface area (Å²) in [6.45, 7) is 9.04. The second-order valence-corrected chi connectivity index (χ2v) is 4.98. The standard InChI is InChI=1S/C11H23N3O2/c1-9(2)6-13(3)10-7-14(8-10)5-4-12-11(15)16/h9-10,12H,4-8H2,1-3H3,(H,15,16). The third kappa shape index (κ3) is 4.37. The van der Waals surface area contributed by atoms with E-state index in [0.717, 1.165) is 26.2 Å². The van der Waals surface area contributed by atoms with Gasteiger partial charge < -0.3 is 15.3 Å². The summed E-state index contributed by atoms with van der Waals surface area (Å²) in [5.74, 6) is 0.702. The van der Waals surface area contributed by atoms with Crippen LogP contribution in [0, 0.1) is 5.92 Å². The van der Waals surface area contributed by atoms with Gasteiger partial charge in [0.1, 0.15) is 0 Å². The van der Waals surface area contributed by atoms with Crippen LogP contribution in [-0.2, 0) is 0 Å². The maximum atomic E-state index is 10.2. The Labute approximate surface area is 97.4 Å². The topological polar surface area (TPSA) is 55.8 Å². The summed E-state index contributed by atoms with van der Waals surface area (Å²) >= 11 is 0. The Morgan fingerprint density at radius 1 is 1.56 bits per heavy atom. The summed E-state index contributed by atoms with van der Waals surface area (Å²) in [6, 6.07) is 0.646. The Balaban J connectivity index is 2.06. The zero-order valence-electron chi connectivity index (χ0n) is 10.4. The zero-order chi connectivity index (χ0) is 12.1. The molecule has 0 unspecified atom stereocenters. The molecule has 0 aromatic heterocycles. The molecule has 0 aromatic rings.